The van der Waals surface area contributed by atoms with Gasteiger partial charge in [0.25, 0.3) is 11.8 Å². The fourth-order valence-electron chi connectivity index (χ4n) is 5.40. The van der Waals surface area contributed by atoms with Crippen LogP contribution in [0.3, 0.4) is 0 Å². The van der Waals surface area contributed by atoms with Gasteiger partial charge in [-0.15, -0.1) is 11.8 Å². The molecule has 49 heavy (non-hydrogen) atoms. The zero-order valence-corrected chi connectivity index (χ0v) is 28.7. The van der Waals surface area contributed by atoms with Crippen LogP contribution < -0.4 is 16.0 Å². The van der Waals surface area contributed by atoms with Crippen molar-refractivity contribution >= 4 is 40.4 Å². The van der Waals surface area contributed by atoms with Gasteiger partial charge in [-0.05, 0) is 62.6 Å². The second-order valence-corrected chi connectivity index (χ2v) is 14.1. The lowest BCUT2D eigenvalue weighted by Crippen LogP contribution is -2.54. The summed E-state index contributed by atoms with van der Waals surface area (Å²) in [5.74, 6) is -0.871. The number of carbonyl (C=O) groups is 3. The summed E-state index contributed by atoms with van der Waals surface area (Å²) >= 11 is 1.36. The number of aliphatic hydroxyl groups is 1. The molecular formula is C40H42N4O4S. The average molecular weight is 675 g/mol. The van der Waals surface area contributed by atoms with Gasteiger partial charge >= 0.3 is 0 Å². The number of carbonyl (C=O) groups excluding carboxylic acids is 3. The number of pyridine rings is 1. The first-order valence-electron chi connectivity index (χ1n) is 16.3. The zero-order chi connectivity index (χ0) is 34.8. The van der Waals surface area contributed by atoms with Gasteiger partial charge in [0.05, 0.1) is 23.2 Å². The Balaban J connectivity index is 1.36. The predicted molar refractivity (Wildman–Crippen MR) is 196 cm³/mol. The molecule has 4 N–H and O–H groups in total. The van der Waals surface area contributed by atoms with Crippen LogP contribution in [0.1, 0.15) is 52.7 Å². The first kappa shape index (κ1) is 35.3. The Morgan fingerprint density at radius 2 is 1.33 bits per heavy atom. The zero-order valence-electron chi connectivity index (χ0n) is 27.9. The number of hydrogen-bond acceptors (Lipinski definition) is 6. The third-order valence-electron chi connectivity index (χ3n) is 7.86. The second kappa shape index (κ2) is 16.4. The highest BCUT2D eigenvalue weighted by atomic mass is 32.2. The van der Waals surface area contributed by atoms with Crippen LogP contribution in [-0.2, 0) is 17.6 Å². The molecule has 0 aliphatic carbocycles. The van der Waals surface area contributed by atoms with E-state index in [1.165, 1.54) is 11.8 Å². The van der Waals surface area contributed by atoms with Crippen molar-refractivity contribution in [1.82, 2.24) is 20.9 Å². The molecule has 252 valence electrons. The smallest absolute Gasteiger partial charge is 0.270 e. The molecule has 0 aliphatic rings. The van der Waals surface area contributed by atoms with Gasteiger partial charge in [0.15, 0.2) is 0 Å². The van der Waals surface area contributed by atoms with Crippen LogP contribution in [0, 0.1) is 0 Å². The first-order valence-corrected chi connectivity index (χ1v) is 17.3. The van der Waals surface area contributed by atoms with Crippen molar-refractivity contribution in [2.45, 2.75) is 62.2 Å². The topological polar surface area (TPSA) is 120 Å². The number of thioether (sulfide) groups is 1. The standard InChI is InChI=1S/C40H42N4O4S/c1-40(2,3)44-37(46)30-19-11-13-21-36(30)49-26-35(45)33(24-27-14-6-4-7-15-27)42-39(48)34(25-28-16-8-5-9-17-28)43-38(47)32-23-22-29-18-10-12-20-31(29)41-32/h4-23,33-35,45H,24-26H2,1-3H3,(H,42,48)(H,43,47)(H,44,46)/t33-,34-,35+/m0/s1. The predicted octanol–water partition coefficient (Wildman–Crippen LogP) is 5.98. The number of rotatable bonds is 13. The van der Waals surface area contributed by atoms with E-state index in [4.69, 9.17) is 0 Å². The largest absolute Gasteiger partial charge is 0.390 e. The minimum atomic E-state index is -0.983. The van der Waals surface area contributed by atoms with Gasteiger partial charge in [0.1, 0.15) is 11.7 Å². The number of fused-ring (bicyclic) bond motifs is 1. The van der Waals surface area contributed by atoms with Crippen molar-refractivity contribution in [3.63, 3.8) is 0 Å². The SMILES string of the molecule is CC(C)(C)NC(=O)c1ccccc1SC[C@@H](O)[C@H](Cc1ccccc1)NC(=O)[C@H](Cc1ccccc1)NC(=O)c1ccc2ccccc2n1. The summed E-state index contributed by atoms with van der Waals surface area (Å²) in [6.45, 7) is 5.77. The molecule has 5 aromatic rings. The maximum atomic E-state index is 14.1. The van der Waals surface area contributed by atoms with E-state index < -0.39 is 35.5 Å². The van der Waals surface area contributed by atoms with Gasteiger partial charge < -0.3 is 21.1 Å². The lowest BCUT2D eigenvalue weighted by molar-refractivity contribution is -0.124. The molecule has 4 aromatic carbocycles. The summed E-state index contributed by atoms with van der Waals surface area (Å²) in [5, 5.41) is 21.5. The quantitative estimate of drug-likeness (QED) is 0.114. The van der Waals surface area contributed by atoms with E-state index in [9.17, 15) is 19.5 Å². The van der Waals surface area contributed by atoms with E-state index in [1.807, 2.05) is 130 Å². The molecule has 1 heterocycles. The van der Waals surface area contributed by atoms with Gasteiger partial charge in [0, 0.05) is 28.0 Å². The number of nitrogens with zero attached hydrogens (tertiary/aromatic N) is 1. The number of aliphatic hydroxyl groups excluding tert-OH is 1. The minimum absolute atomic E-state index is 0.195. The van der Waals surface area contributed by atoms with Crippen molar-refractivity contribution in [1.29, 1.82) is 0 Å². The molecule has 0 radical (unpaired) electrons. The van der Waals surface area contributed by atoms with Crippen LogP contribution >= 0.6 is 11.8 Å². The third kappa shape index (κ3) is 10.2. The van der Waals surface area contributed by atoms with Crippen LogP contribution in [0.15, 0.2) is 126 Å². The Morgan fingerprint density at radius 1 is 0.714 bits per heavy atom. The van der Waals surface area contributed by atoms with E-state index in [2.05, 4.69) is 20.9 Å². The summed E-state index contributed by atoms with van der Waals surface area (Å²) in [6, 6.07) is 35.8. The normalized spacial score (nSPS) is 13.2. The number of aromatic nitrogens is 1. The highest BCUT2D eigenvalue weighted by Crippen LogP contribution is 2.25. The maximum Gasteiger partial charge on any atom is 0.270 e. The van der Waals surface area contributed by atoms with E-state index in [-0.39, 0.29) is 23.8 Å². The Morgan fingerprint density at radius 3 is 2.02 bits per heavy atom. The summed E-state index contributed by atoms with van der Waals surface area (Å²) in [6.07, 6.45) is -0.382. The highest BCUT2D eigenvalue weighted by Gasteiger charge is 2.29. The maximum absolute atomic E-state index is 14.1. The first-order chi connectivity index (χ1) is 23.6. The molecule has 0 unspecified atom stereocenters. The molecule has 9 heteroatoms. The monoisotopic (exact) mass is 674 g/mol. The van der Waals surface area contributed by atoms with Crippen molar-refractivity contribution in [3.8, 4) is 0 Å². The van der Waals surface area contributed by atoms with Crippen LogP contribution in [0.5, 0.6) is 0 Å². The summed E-state index contributed by atoms with van der Waals surface area (Å²) in [5.41, 5.74) is 2.80. The molecule has 3 atom stereocenters. The van der Waals surface area contributed by atoms with E-state index >= 15 is 0 Å². The summed E-state index contributed by atoms with van der Waals surface area (Å²) in [4.78, 5) is 45.9. The molecule has 5 rings (SSSR count). The van der Waals surface area contributed by atoms with Crippen LogP contribution in [0.25, 0.3) is 10.9 Å². The molecule has 8 nitrogen and oxygen atoms in total. The fourth-order valence-corrected chi connectivity index (χ4v) is 6.47. The third-order valence-corrected chi connectivity index (χ3v) is 9.03. The van der Waals surface area contributed by atoms with Crippen molar-refractivity contribution in [2.75, 3.05) is 5.75 Å². The van der Waals surface area contributed by atoms with Gasteiger partial charge in [-0.2, -0.15) is 0 Å². The summed E-state index contributed by atoms with van der Waals surface area (Å²) < 4.78 is 0. The molecular weight excluding hydrogens is 633 g/mol. The van der Waals surface area contributed by atoms with Crippen molar-refractivity contribution < 1.29 is 19.5 Å². The number of hydrogen-bond donors (Lipinski definition) is 4. The molecule has 0 bridgehead atoms. The van der Waals surface area contributed by atoms with Crippen LogP contribution in [0.4, 0.5) is 0 Å². The van der Waals surface area contributed by atoms with Gasteiger partial charge in [-0.3, -0.25) is 14.4 Å². The van der Waals surface area contributed by atoms with Crippen LogP contribution in [-0.4, -0.2) is 57.3 Å². The molecule has 0 saturated heterocycles. The van der Waals surface area contributed by atoms with Gasteiger partial charge in [-0.25, -0.2) is 4.98 Å². The number of amides is 3. The molecule has 0 fully saturated rings. The van der Waals surface area contributed by atoms with E-state index in [0.29, 0.717) is 17.5 Å². The molecule has 1 aromatic heterocycles. The summed E-state index contributed by atoms with van der Waals surface area (Å²) in [7, 11) is 0. The average Bonchev–Trinajstić information content (AvgIpc) is 3.10. The number of nitrogens with one attached hydrogen (secondary N) is 3. The lowest BCUT2D eigenvalue weighted by Gasteiger charge is -2.27. The van der Waals surface area contributed by atoms with Gasteiger partial charge in [0.2, 0.25) is 5.91 Å². The number of para-hydroxylation sites is 1. The van der Waals surface area contributed by atoms with E-state index in [1.54, 1.807) is 12.1 Å². The molecule has 3 amide bonds. The Bertz CT molecular complexity index is 1880. The molecule has 0 aliphatic heterocycles. The van der Waals surface area contributed by atoms with Crippen molar-refractivity contribution in [3.05, 3.63) is 144 Å². The fraction of sp³-hybridized carbons (Fsp3) is 0.250. The number of benzene rings is 4. The van der Waals surface area contributed by atoms with Crippen LogP contribution in [0.2, 0.25) is 0 Å². The second-order valence-electron chi connectivity index (χ2n) is 13.0. The Hall–Kier alpha value is -4.99. The lowest BCUT2D eigenvalue weighted by atomic mass is 10.00. The highest BCUT2D eigenvalue weighted by molar-refractivity contribution is 7.99. The molecule has 0 saturated carbocycles. The van der Waals surface area contributed by atoms with E-state index in [0.717, 1.165) is 21.4 Å². The van der Waals surface area contributed by atoms with Gasteiger partial charge in [-0.1, -0.05) is 97.1 Å². The van der Waals surface area contributed by atoms with Crippen molar-refractivity contribution in [2.24, 2.45) is 0 Å². The minimum Gasteiger partial charge on any atom is -0.390 e. The Labute approximate surface area is 291 Å². The Kier molecular flexibility index (Phi) is 11.8. The molecule has 0 spiro atoms.